The van der Waals surface area contributed by atoms with Gasteiger partial charge in [0.15, 0.2) is 0 Å². The predicted octanol–water partition coefficient (Wildman–Crippen LogP) is 4.52. The molecule has 1 atom stereocenters. The molecule has 1 unspecified atom stereocenters. The zero-order chi connectivity index (χ0) is 11.6. The summed E-state index contributed by atoms with van der Waals surface area (Å²) in [4.78, 5) is 0. The highest BCUT2D eigenvalue weighted by Crippen LogP contribution is 2.31. The van der Waals surface area contributed by atoms with Crippen LogP contribution >= 0.6 is 0 Å². The maximum absolute atomic E-state index is 3.76. The molecule has 1 heteroatoms. The van der Waals surface area contributed by atoms with Crippen molar-refractivity contribution in [2.75, 3.05) is 6.54 Å². The molecule has 1 fully saturated rings. The lowest BCUT2D eigenvalue weighted by atomic mass is 9.78. The van der Waals surface area contributed by atoms with Gasteiger partial charge in [0, 0.05) is 6.04 Å². The lowest BCUT2D eigenvalue weighted by Crippen LogP contribution is -2.39. The van der Waals surface area contributed by atoms with Crippen molar-refractivity contribution in [3.05, 3.63) is 0 Å². The van der Waals surface area contributed by atoms with Gasteiger partial charge in [-0.25, -0.2) is 0 Å². The number of nitrogens with one attached hydrogen (secondary N) is 1. The standard InChI is InChI=1S/C15H31N/c1-3-5-6-7-8-12-15(16-13-4-2)14-10-9-11-14/h14-16H,3-13H2,1-2H3. The molecule has 1 saturated carbocycles. The van der Waals surface area contributed by atoms with Crippen molar-refractivity contribution < 1.29 is 0 Å². The fraction of sp³-hybridized carbons (Fsp3) is 1.00. The summed E-state index contributed by atoms with van der Waals surface area (Å²) in [6.45, 7) is 5.78. The zero-order valence-corrected chi connectivity index (χ0v) is 11.4. The third-order valence-corrected chi connectivity index (χ3v) is 3.99. The Morgan fingerprint density at radius 2 is 1.75 bits per heavy atom. The molecule has 0 saturated heterocycles. The topological polar surface area (TPSA) is 12.0 Å². The van der Waals surface area contributed by atoms with Crippen molar-refractivity contribution in [1.82, 2.24) is 5.32 Å². The smallest absolute Gasteiger partial charge is 0.00953 e. The zero-order valence-electron chi connectivity index (χ0n) is 11.4. The van der Waals surface area contributed by atoms with Gasteiger partial charge < -0.3 is 5.32 Å². The molecule has 96 valence electrons. The van der Waals surface area contributed by atoms with E-state index in [-0.39, 0.29) is 0 Å². The summed E-state index contributed by atoms with van der Waals surface area (Å²) in [5.41, 5.74) is 0. The Kier molecular flexibility index (Phi) is 7.92. The molecule has 1 aliphatic carbocycles. The Hall–Kier alpha value is -0.0400. The molecule has 1 N–H and O–H groups in total. The van der Waals surface area contributed by atoms with E-state index in [1.807, 2.05) is 0 Å². The molecule has 0 heterocycles. The monoisotopic (exact) mass is 225 g/mol. The molecule has 0 aromatic rings. The summed E-state index contributed by atoms with van der Waals surface area (Å²) in [5, 5.41) is 3.76. The van der Waals surface area contributed by atoms with Gasteiger partial charge in [0.05, 0.1) is 0 Å². The van der Waals surface area contributed by atoms with Crippen molar-refractivity contribution in [1.29, 1.82) is 0 Å². The molecule has 0 aromatic carbocycles. The first kappa shape index (κ1) is 14.0. The van der Waals surface area contributed by atoms with Gasteiger partial charge in [0.2, 0.25) is 0 Å². The van der Waals surface area contributed by atoms with E-state index in [2.05, 4.69) is 19.2 Å². The van der Waals surface area contributed by atoms with Crippen LogP contribution in [0.1, 0.15) is 78.1 Å². The van der Waals surface area contributed by atoms with Crippen LogP contribution in [0.15, 0.2) is 0 Å². The molecule has 0 aliphatic heterocycles. The van der Waals surface area contributed by atoms with E-state index < -0.39 is 0 Å². The number of unbranched alkanes of at least 4 members (excludes halogenated alkanes) is 4. The Balaban J connectivity index is 2.06. The number of rotatable bonds is 10. The molecule has 0 amide bonds. The van der Waals surface area contributed by atoms with Gasteiger partial charge in [0.25, 0.3) is 0 Å². The van der Waals surface area contributed by atoms with E-state index in [0.717, 1.165) is 12.0 Å². The van der Waals surface area contributed by atoms with Crippen molar-refractivity contribution in [2.45, 2.75) is 84.1 Å². The van der Waals surface area contributed by atoms with Crippen molar-refractivity contribution in [3.63, 3.8) is 0 Å². The Morgan fingerprint density at radius 3 is 2.31 bits per heavy atom. The van der Waals surface area contributed by atoms with Gasteiger partial charge in [-0.2, -0.15) is 0 Å². The van der Waals surface area contributed by atoms with Crippen molar-refractivity contribution in [3.8, 4) is 0 Å². The SMILES string of the molecule is CCCCCCCC(NCCC)C1CCC1. The minimum absolute atomic E-state index is 0.843. The molecular weight excluding hydrogens is 194 g/mol. The highest BCUT2D eigenvalue weighted by atomic mass is 14.9. The van der Waals surface area contributed by atoms with E-state index in [1.165, 1.54) is 70.8 Å². The van der Waals surface area contributed by atoms with Crippen LogP contribution in [0.2, 0.25) is 0 Å². The number of hydrogen-bond acceptors (Lipinski definition) is 1. The fourth-order valence-electron chi connectivity index (χ4n) is 2.64. The molecule has 1 rings (SSSR count). The summed E-state index contributed by atoms with van der Waals surface area (Å²) in [5.74, 6) is 1.01. The van der Waals surface area contributed by atoms with Gasteiger partial charge in [-0.3, -0.25) is 0 Å². The molecule has 16 heavy (non-hydrogen) atoms. The first-order chi connectivity index (χ1) is 7.88. The van der Waals surface area contributed by atoms with Crippen molar-refractivity contribution in [2.24, 2.45) is 5.92 Å². The second-order valence-electron chi connectivity index (χ2n) is 5.45. The van der Waals surface area contributed by atoms with E-state index in [9.17, 15) is 0 Å². The Morgan fingerprint density at radius 1 is 1.00 bits per heavy atom. The molecule has 1 aliphatic rings. The summed E-state index contributed by atoms with van der Waals surface area (Å²) < 4.78 is 0. The average molecular weight is 225 g/mol. The maximum atomic E-state index is 3.76. The molecular formula is C15H31N. The predicted molar refractivity (Wildman–Crippen MR) is 72.8 cm³/mol. The number of hydrogen-bond donors (Lipinski definition) is 1. The lowest BCUT2D eigenvalue weighted by molar-refractivity contribution is 0.216. The molecule has 1 nitrogen and oxygen atoms in total. The fourth-order valence-corrected chi connectivity index (χ4v) is 2.64. The minimum atomic E-state index is 0.843. The van der Waals surface area contributed by atoms with Crippen LogP contribution < -0.4 is 5.32 Å². The molecule has 0 spiro atoms. The Bertz CT molecular complexity index is 152. The minimum Gasteiger partial charge on any atom is -0.314 e. The van der Waals surface area contributed by atoms with Crippen LogP contribution in [0.4, 0.5) is 0 Å². The third kappa shape index (κ3) is 5.34. The first-order valence-electron chi connectivity index (χ1n) is 7.61. The summed E-state index contributed by atoms with van der Waals surface area (Å²) in [6.07, 6.45) is 14.3. The summed E-state index contributed by atoms with van der Waals surface area (Å²) in [6, 6.07) is 0.843. The quantitative estimate of drug-likeness (QED) is 0.539. The van der Waals surface area contributed by atoms with Crippen LogP contribution in [-0.2, 0) is 0 Å². The first-order valence-corrected chi connectivity index (χ1v) is 7.61. The lowest BCUT2D eigenvalue weighted by Gasteiger charge is -2.34. The van der Waals surface area contributed by atoms with Crippen LogP contribution in [-0.4, -0.2) is 12.6 Å². The molecule has 0 aromatic heterocycles. The van der Waals surface area contributed by atoms with E-state index in [1.54, 1.807) is 0 Å². The van der Waals surface area contributed by atoms with Crippen LogP contribution in [0.5, 0.6) is 0 Å². The maximum Gasteiger partial charge on any atom is 0.00953 e. The van der Waals surface area contributed by atoms with Crippen LogP contribution in [0.25, 0.3) is 0 Å². The van der Waals surface area contributed by atoms with Crippen molar-refractivity contribution >= 4 is 0 Å². The van der Waals surface area contributed by atoms with Gasteiger partial charge in [-0.15, -0.1) is 0 Å². The largest absolute Gasteiger partial charge is 0.314 e. The average Bonchev–Trinajstić information content (AvgIpc) is 2.22. The Labute approximate surface area is 102 Å². The highest BCUT2D eigenvalue weighted by Gasteiger charge is 2.25. The second kappa shape index (κ2) is 9.04. The molecule has 0 radical (unpaired) electrons. The van der Waals surface area contributed by atoms with Gasteiger partial charge >= 0.3 is 0 Å². The normalized spacial score (nSPS) is 18.4. The summed E-state index contributed by atoms with van der Waals surface area (Å²) >= 11 is 0. The van der Waals surface area contributed by atoms with E-state index in [4.69, 9.17) is 0 Å². The van der Waals surface area contributed by atoms with E-state index in [0.29, 0.717) is 0 Å². The van der Waals surface area contributed by atoms with Gasteiger partial charge in [-0.05, 0) is 38.1 Å². The van der Waals surface area contributed by atoms with E-state index >= 15 is 0 Å². The summed E-state index contributed by atoms with van der Waals surface area (Å²) in [7, 11) is 0. The third-order valence-electron chi connectivity index (χ3n) is 3.99. The van der Waals surface area contributed by atoms with Gasteiger partial charge in [0.1, 0.15) is 0 Å². The van der Waals surface area contributed by atoms with Crippen LogP contribution in [0.3, 0.4) is 0 Å². The van der Waals surface area contributed by atoms with Crippen LogP contribution in [0, 0.1) is 5.92 Å². The second-order valence-corrected chi connectivity index (χ2v) is 5.45. The van der Waals surface area contributed by atoms with Gasteiger partial charge in [-0.1, -0.05) is 52.4 Å². The highest BCUT2D eigenvalue weighted by molar-refractivity contribution is 4.82. The molecule has 0 bridgehead atoms.